The van der Waals surface area contributed by atoms with Gasteiger partial charge in [0.1, 0.15) is 0 Å². The highest BCUT2D eigenvalue weighted by molar-refractivity contribution is 5.84. The fraction of sp³-hybridized carbons (Fsp3) is 0.200. The van der Waals surface area contributed by atoms with Gasteiger partial charge in [0, 0.05) is 6.54 Å². The minimum atomic E-state index is -0.423. The van der Waals surface area contributed by atoms with Crippen LogP contribution >= 0.6 is 0 Å². The van der Waals surface area contributed by atoms with E-state index in [-0.39, 0.29) is 0 Å². The zero-order chi connectivity index (χ0) is 16.6. The molecule has 116 valence electrons. The van der Waals surface area contributed by atoms with Crippen molar-refractivity contribution in [2.24, 2.45) is 0 Å². The van der Waals surface area contributed by atoms with Crippen molar-refractivity contribution in [3.8, 4) is 11.1 Å². The van der Waals surface area contributed by atoms with E-state index in [1.165, 1.54) is 5.56 Å². The van der Waals surface area contributed by atoms with Gasteiger partial charge in [-0.2, -0.15) is 0 Å². The standard InChI is InChI=1S/C20H19NO2/c1-12-9-14(3)16(10-13(12)2)17-18(20(23)19(17)22)21-11-15-7-5-4-6-8-15/h4-10,21H,11H2,1-3H3. The highest BCUT2D eigenvalue weighted by atomic mass is 16.2. The lowest BCUT2D eigenvalue weighted by Crippen LogP contribution is -2.36. The Morgan fingerprint density at radius 1 is 0.826 bits per heavy atom. The lowest BCUT2D eigenvalue weighted by molar-refractivity contribution is 1.13. The van der Waals surface area contributed by atoms with E-state index in [1.54, 1.807) is 0 Å². The van der Waals surface area contributed by atoms with Crippen LogP contribution in [0.1, 0.15) is 22.3 Å². The molecule has 3 aromatic rings. The highest BCUT2D eigenvalue weighted by Gasteiger charge is 2.23. The Balaban J connectivity index is 1.96. The number of rotatable bonds is 4. The van der Waals surface area contributed by atoms with Crippen molar-refractivity contribution in [2.75, 3.05) is 5.32 Å². The summed E-state index contributed by atoms with van der Waals surface area (Å²) >= 11 is 0. The first-order chi connectivity index (χ1) is 11.0. The summed E-state index contributed by atoms with van der Waals surface area (Å²) in [6.45, 7) is 6.56. The minimum Gasteiger partial charge on any atom is -0.377 e. The van der Waals surface area contributed by atoms with Crippen LogP contribution in [0.4, 0.5) is 5.69 Å². The SMILES string of the molecule is Cc1cc(C)c(-c2c(NCc3ccccc3)c(=O)c2=O)cc1C. The predicted octanol–water partition coefficient (Wildman–Crippen LogP) is 3.49. The fourth-order valence-corrected chi connectivity index (χ4v) is 2.83. The minimum absolute atomic E-state index is 0.396. The van der Waals surface area contributed by atoms with Crippen LogP contribution < -0.4 is 16.2 Å². The van der Waals surface area contributed by atoms with Crippen molar-refractivity contribution in [2.45, 2.75) is 27.3 Å². The van der Waals surface area contributed by atoms with Crippen LogP contribution in [-0.4, -0.2) is 0 Å². The first-order valence-corrected chi connectivity index (χ1v) is 7.68. The molecule has 23 heavy (non-hydrogen) atoms. The molecule has 1 N–H and O–H groups in total. The molecule has 0 radical (unpaired) electrons. The monoisotopic (exact) mass is 305 g/mol. The Morgan fingerprint density at radius 3 is 2.17 bits per heavy atom. The molecular formula is C20H19NO2. The molecular weight excluding hydrogens is 286 g/mol. The average Bonchev–Trinajstić information content (AvgIpc) is 2.55. The summed E-state index contributed by atoms with van der Waals surface area (Å²) in [5.41, 5.74) is 5.38. The summed E-state index contributed by atoms with van der Waals surface area (Å²) in [5.74, 6) is 0. The summed E-state index contributed by atoms with van der Waals surface area (Å²) < 4.78 is 0. The van der Waals surface area contributed by atoms with Crippen molar-refractivity contribution in [1.82, 2.24) is 0 Å². The van der Waals surface area contributed by atoms with Gasteiger partial charge in [0.15, 0.2) is 0 Å². The van der Waals surface area contributed by atoms with E-state index in [0.29, 0.717) is 17.8 Å². The molecule has 0 aromatic heterocycles. The lowest BCUT2D eigenvalue weighted by atomic mass is 9.91. The number of anilines is 1. The van der Waals surface area contributed by atoms with Gasteiger partial charge in [-0.25, -0.2) is 0 Å². The molecule has 0 saturated heterocycles. The van der Waals surface area contributed by atoms with Crippen LogP contribution in [0, 0.1) is 20.8 Å². The van der Waals surface area contributed by atoms with Crippen molar-refractivity contribution < 1.29 is 0 Å². The second kappa shape index (κ2) is 5.84. The smallest absolute Gasteiger partial charge is 0.250 e. The summed E-state index contributed by atoms with van der Waals surface area (Å²) in [6.07, 6.45) is 0. The van der Waals surface area contributed by atoms with E-state index >= 15 is 0 Å². The lowest BCUT2D eigenvalue weighted by Gasteiger charge is -2.16. The van der Waals surface area contributed by atoms with Crippen LogP contribution in [0.5, 0.6) is 0 Å². The predicted molar refractivity (Wildman–Crippen MR) is 94.8 cm³/mol. The topological polar surface area (TPSA) is 46.2 Å². The second-order valence-electron chi connectivity index (χ2n) is 6.00. The number of benzene rings is 2. The summed E-state index contributed by atoms with van der Waals surface area (Å²) in [6, 6.07) is 13.9. The fourth-order valence-electron chi connectivity index (χ4n) is 2.83. The van der Waals surface area contributed by atoms with Crippen molar-refractivity contribution >= 4 is 5.69 Å². The van der Waals surface area contributed by atoms with Crippen molar-refractivity contribution in [3.63, 3.8) is 0 Å². The van der Waals surface area contributed by atoms with Crippen LogP contribution in [0.15, 0.2) is 52.1 Å². The summed E-state index contributed by atoms with van der Waals surface area (Å²) in [5, 5.41) is 3.13. The third-order valence-corrected chi connectivity index (χ3v) is 4.33. The van der Waals surface area contributed by atoms with E-state index in [2.05, 4.69) is 11.4 Å². The maximum atomic E-state index is 12.1. The molecule has 0 bridgehead atoms. The highest BCUT2D eigenvalue weighted by Crippen LogP contribution is 2.29. The van der Waals surface area contributed by atoms with E-state index in [0.717, 1.165) is 22.3 Å². The molecule has 0 fully saturated rings. The van der Waals surface area contributed by atoms with Crippen LogP contribution in [0.2, 0.25) is 0 Å². The molecule has 0 aliphatic heterocycles. The van der Waals surface area contributed by atoms with Gasteiger partial charge in [-0.1, -0.05) is 42.5 Å². The Bertz CT molecular complexity index is 932. The first kappa shape index (κ1) is 15.2. The Labute approximate surface area is 135 Å². The maximum Gasteiger partial charge on any atom is 0.250 e. The van der Waals surface area contributed by atoms with Crippen LogP contribution in [-0.2, 0) is 6.54 Å². The zero-order valence-corrected chi connectivity index (χ0v) is 13.6. The molecule has 0 atom stereocenters. The molecule has 0 amide bonds. The average molecular weight is 305 g/mol. The van der Waals surface area contributed by atoms with Gasteiger partial charge >= 0.3 is 0 Å². The van der Waals surface area contributed by atoms with E-state index in [9.17, 15) is 9.59 Å². The number of nitrogens with one attached hydrogen (secondary N) is 1. The van der Waals surface area contributed by atoms with Gasteiger partial charge in [0.05, 0.1) is 11.3 Å². The van der Waals surface area contributed by atoms with Crippen LogP contribution in [0.3, 0.4) is 0 Å². The van der Waals surface area contributed by atoms with Crippen LogP contribution in [0.25, 0.3) is 11.1 Å². The molecule has 3 rings (SSSR count). The quantitative estimate of drug-likeness (QED) is 0.751. The molecule has 0 aliphatic carbocycles. The molecule has 3 nitrogen and oxygen atoms in total. The van der Waals surface area contributed by atoms with Crippen molar-refractivity contribution in [3.05, 3.63) is 85.2 Å². The summed E-state index contributed by atoms with van der Waals surface area (Å²) in [4.78, 5) is 24.0. The van der Waals surface area contributed by atoms with Gasteiger partial charge < -0.3 is 5.32 Å². The largest absolute Gasteiger partial charge is 0.377 e. The molecule has 0 aliphatic rings. The Hall–Kier alpha value is -2.68. The number of aryl methyl sites for hydroxylation is 3. The van der Waals surface area contributed by atoms with E-state index in [4.69, 9.17) is 0 Å². The normalized spacial score (nSPS) is 10.9. The Morgan fingerprint density at radius 2 is 1.48 bits per heavy atom. The van der Waals surface area contributed by atoms with Gasteiger partial charge in [-0.05, 0) is 48.6 Å². The Kier molecular flexibility index (Phi) is 3.87. The third kappa shape index (κ3) is 2.70. The molecule has 3 aromatic carbocycles. The molecule has 0 heterocycles. The third-order valence-electron chi connectivity index (χ3n) is 4.33. The van der Waals surface area contributed by atoms with Gasteiger partial charge in [-0.3, -0.25) is 9.59 Å². The van der Waals surface area contributed by atoms with Gasteiger partial charge in [0.25, 0.3) is 0 Å². The van der Waals surface area contributed by atoms with E-state index in [1.807, 2.05) is 57.2 Å². The molecule has 0 unspecified atom stereocenters. The second-order valence-corrected chi connectivity index (χ2v) is 6.00. The van der Waals surface area contributed by atoms with Crippen molar-refractivity contribution in [1.29, 1.82) is 0 Å². The number of hydrogen-bond acceptors (Lipinski definition) is 3. The molecule has 0 saturated carbocycles. The van der Waals surface area contributed by atoms with Gasteiger partial charge in [0.2, 0.25) is 10.9 Å². The molecule has 0 spiro atoms. The first-order valence-electron chi connectivity index (χ1n) is 7.68. The maximum absolute atomic E-state index is 12.1. The number of hydrogen-bond donors (Lipinski definition) is 1. The molecule has 3 heteroatoms. The van der Waals surface area contributed by atoms with E-state index < -0.39 is 10.9 Å². The van der Waals surface area contributed by atoms with Gasteiger partial charge in [-0.15, -0.1) is 0 Å². The summed E-state index contributed by atoms with van der Waals surface area (Å²) in [7, 11) is 0. The zero-order valence-electron chi connectivity index (χ0n) is 13.6.